The van der Waals surface area contributed by atoms with E-state index in [1.54, 1.807) is 11.8 Å². The van der Waals surface area contributed by atoms with E-state index in [0.717, 1.165) is 23.6 Å². The number of carbonyl (C=O) groups excluding carboxylic acids is 1. The summed E-state index contributed by atoms with van der Waals surface area (Å²) in [6.45, 7) is 9.04. The Balaban J connectivity index is 2.68. The summed E-state index contributed by atoms with van der Waals surface area (Å²) < 4.78 is 0. The maximum atomic E-state index is 11.3. The molecule has 3 heteroatoms. The first-order chi connectivity index (χ1) is 9.96. The lowest BCUT2D eigenvalue weighted by Gasteiger charge is -2.22. The number of hydrogen-bond acceptors (Lipinski definition) is 2. The van der Waals surface area contributed by atoms with Gasteiger partial charge < -0.3 is 10.2 Å². The maximum absolute atomic E-state index is 11.3. The van der Waals surface area contributed by atoms with Crippen molar-refractivity contribution in [3.8, 4) is 0 Å². The number of nitrogens with one attached hydrogen (secondary N) is 1. The molecule has 21 heavy (non-hydrogen) atoms. The van der Waals surface area contributed by atoms with Crippen LogP contribution < -0.4 is 5.32 Å². The third-order valence-corrected chi connectivity index (χ3v) is 4.13. The van der Waals surface area contributed by atoms with Crippen LogP contribution in [0, 0.1) is 5.92 Å². The quantitative estimate of drug-likeness (QED) is 0.774. The molecular formula is C18H30N2O. The third-order valence-electron chi connectivity index (χ3n) is 4.13. The molecule has 1 amide bonds. The van der Waals surface area contributed by atoms with Crippen LogP contribution in [-0.2, 0) is 11.3 Å². The molecular weight excluding hydrogens is 260 g/mol. The van der Waals surface area contributed by atoms with E-state index < -0.39 is 0 Å². The van der Waals surface area contributed by atoms with E-state index in [1.165, 1.54) is 12.8 Å². The number of nitrogens with zero attached hydrogens (tertiary/aromatic N) is 1. The van der Waals surface area contributed by atoms with Crippen molar-refractivity contribution in [3.05, 3.63) is 29.8 Å². The van der Waals surface area contributed by atoms with Gasteiger partial charge in [-0.3, -0.25) is 4.79 Å². The first-order valence-corrected chi connectivity index (χ1v) is 8.03. The second-order valence-corrected chi connectivity index (χ2v) is 6.07. The van der Waals surface area contributed by atoms with Gasteiger partial charge in [0.25, 0.3) is 0 Å². The highest BCUT2D eigenvalue weighted by atomic mass is 16.2. The zero-order valence-corrected chi connectivity index (χ0v) is 14.1. The number of hydrogen-bond donors (Lipinski definition) is 1. The van der Waals surface area contributed by atoms with Gasteiger partial charge in [0, 0.05) is 32.2 Å². The molecule has 0 aliphatic heterocycles. The number of benzene rings is 1. The fourth-order valence-electron chi connectivity index (χ4n) is 2.36. The predicted molar refractivity (Wildman–Crippen MR) is 90.4 cm³/mol. The average Bonchev–Trinajstić information content (AvgIpc) is 2.46. The van der Waals surface area contributed by atoms with E-state index in [4.69, 9.17) is 0 Å². The molecule has 1 N–H and O–H groups in total. The van der Waals surface area contributed by atoms with E-state index in [9.17, 15) is 4.79 Å². The van der Waals surface area contributed by atoms with Gasteiger partial charge in [-0.15, -0.1) is 0 Å². The van der Waals surface area contributed by atoms with Gasteiger partial charge in [0.2, 0.25) is 5.91 Å². The molecule has 0 radical (unpaired) electrons. The summed E-state index contributed by atoms with van der Waals surface area (Å²) in [5.74, 6) is 0.839. The Morgan fingerprint density at radius 1 is 1.29 bits per heavy atom. The van der Waals surface area contributed by atoms with E-state index in [-0.39, 0.29) is 5.91 Å². The Bertz CT molecular complexity index is 445. The number of anilines is 1. The average molecular weight is 290 g/mol. The van der Waals surface area contributed by atoms with Crippen molar-refractivity contribution >= 4 is 11.6 Å². The minimum atomic E-state index is 0.0940. The lowest BCUT2D eigenvalue weighted by Crippen LogP contribution is -2.23. The summed E-state index contributed by atoms with van der Waals surface area (Å²) in [5, 5.41) is 3.63. The number of amides is 1. The second kappa shape index (κ2) is 8.71. The Morgan fingerprint density at radius 3 is 2.57 bits per heavy atom. The van der Waals surface area contributed by atoms with Crippen LogP contribution >= 0.6 is 0 Å². The molecule has 2 atom stereocenters. The molecule has 3 nitrogen and oxygen atoms in total. The van der Waals surface area contributed by atoms with Crippen molar-refractivity contribution < 1.29 is 4.79 Å². The van der Waals surface area contributed by atoms with Gasteiger partial charge in [-0.25, -0.2) is 0 Å². The zero-order valence-electron chi connectivity index (χ0n) is 14.1. The fraction of sp³-hybridized carbons (Fsp3) is 0.611. The SMILES string of the molecule is CCC(C)CC(CC)Nc1cccc(CN(C)C(C)=O)c1. The molecule has 0 fully saturated rings. The van der Waals surface area contributed by atoms with Crippen molar-refractivity contribution in [1.29, 1.82) is 0 Å². The van der Waals surface area contributed by atoms with Crippen LogP contribution in [0.2, 0.25) is 0 Å². The van der Waals surface area contributed by atoms with Gasteiger partial charge in [-0.1, -0.05) is 39.3 Å². The van der Waals surface area contributed by atoms with Crippen LogP contribution in [0.3, 0.4) is 0 Å². The monoisotopic (exact) mass is 290 g/mol. The first kappa shape index (κ1) is 17.5. The Labute approximate surface area is 129 Å². The maximum Gasteiger partial charge on any atom is 0.219 e. The smallest absolute Gasteiger partial charge is 0.219 e. The molecule has 1 aromatic carbocycles. The molecule has 1 rings (SSSR count). The van der Waals surface area contributed by atoms with E-state index in [2.05, 4.69) is 50.4 Å². The Kier molecular flexibility index (Phi) is 7.27. The topological polar surface area (TPSA) is 32.3 Å². The van der Waals surface area contributed by atoms with E-state index in [0.29, 0.717) is 12.6 Å². The van der Waals surface area contributed by atoms with Crippen molar-refractivity contribution in [2.75, 3.05) is 12.4 Å². The molecule has 0 heterocycles. The lowest BCUT2D eigenvalue weighted by molar-refractivity contribution is -0.128. The molecule has 0 saturated heterocycles. The number of rotatable bonds is 8. The van der Waals surface area contributed by atoms with Gasteiger partial charge in [0.15, 0.2) is 0 Å². The molecule has 1 aromatic rings. The highest BCUT2D eigenvalue weighted by Crippen LogP contribution is 2.19. The normalized spacial score (nSPS) is 13.6. The van der Waals surface area contributed by atoms with Crippen LogP contribution in [0.4, 0.5) is 5.69 Å². The van der Waals surface area contributed by atoms with Crippen LogP contribution in [0.1, 0.15) is 52.5 Å². The predicted octanol–water partition coefficient (Wildman–Crippen LogP) is 4.29. The molecule has 0 spiro atoms. The van der Waals surface area contributed by atoms with Crippen LogP contribution in [0.5, 0.6) is 0 Å². The van der Waals surface area contributed by atoms with Gasteiger partial charge in [-0.2, -0.15) is 0 Å². The van der Waals surface area contributed by atoms with Crippen molar-refractivity contribution in [2.45, 2.75) is 59.5 Å². The largest absolute Gasteiger partial charge is 0.382 e. The third kappa shape index (κ3) is 6.19. The molecule has 0 saturated carbocycles. The van der Waals surface area contributed by atoms with Gasteiger partial charge in [-0.05, 0) is 36.5 Å². The van der Waals surface area contributed by atoms with E-state index in [1.807, 2.05) is 7.05 Å². The molecule has 0 bridgehead atoms. The van der Waals surface area contributed by atoms with Crippen molar-refractivity contribution in [3.63, 3.8) is 0 Å². The summed E-state index contributed by atoms with van der Waals surface area (Å²) >= 11 is 0. The zero-order chi connectivity index (χ0) is 15.8. The van der Waals surface area contributed by atoms with Crippen LogP contribution in [0.15, 0.2) is 24.3 Å². The highest BCUT2D eigenvalue weighted by molar-refractivity contribution is 5.72. The Hall–Kier alpha value is -1.51. The minimum Gasteiger partial charge on any atom is -0.382 e. The van der Waals surface area contributed by atoms with E-state index >= 15 is 0 Å². The first-order valence-electron chi connectivity index (χ1n) is 8.03. The van der Waals surface area contributed by atoms with Crippen LogP contribution in [-0.4, -0.2) is 23.9 Å². The van der Waals surface area contributed by atoms with Gasteiger partial charge in [0.05, 0.1) is 0 Å². The van der Waals surface area contributed by atoms with Gasteiger partial charge in [0.1, 0.15) is 0 Å². The van der Waals surface area contributed by atoms with Crippen LogP contribution in [0.25, 0.3) is 0 Å². The Morgan fingerprint density at radius 2 is 2.00 bits per heavy atom. The summed E-state index contributed by atoms with van der Waals surface area (Å²) in [6.07, 6.45) is 3.55. The van der Waals surface area contributed by atoms with Crippen molar-refractivity contribution in [2.24, 2.45) is 5.92 Å². The summed E-state index contributed by atoms with van der Waals surface area (Å²) in [7, 11) is 1.83. The molecule has 0 aliphatic rings. The number of carbonyl (C=O) groups is 1. The molecule has 0 aromatic heterocycles. The highest BCUT2D eigenvalue weighted by Gasteiger charge is 2.11. The molecule has 0 aliphatic carbocycles. The van der Waals surface area contributed by atoms with Gasteiger partial charge >= 0.3 is 0 Å². The fourth-order valence-corrected chi connectivity index (χ4v) is 2.36. The molecule has 2 unspecified atom stereocenters. The summed E-state index contributed by atoms with van der Waals surface area (Å²) in [6, 6.07) is 8.90. The summed E-state index contributed by atoms with van der Waals surface area (Å²) in [4.78, 5) is 13.1. The van der Waals surface area contributed by atoms with Crippen molar-refractivity contribution in [1.82, 2.24) is 4.90 Å². The standard InChI is InChI=1S/C18H30N2O/c1-6-14(3)11-17(7-2)19-18-10-8-9-16(12-18)13-20(5)15(4)21/h8-10,12,14,17,19H,6-7,11,13H2,1-5H3. The summed E-state index contributed by atoms with van der Waals surface area (Å²) in [5.41, 5.74) is 2.32. The molecule has 118 valence electrons. The second-order valence-electron chi connectivity index (χ2n) is 6.07. The minimum absolute atomic E-state index is 0.0940. The lowest BCUT2D eigenvalue weighted by atomic mass is 9.97.